The zero-order chi connectivity index (χ0) is 28.8. The first-order valence-electron chi connectivity index (χ1n) is 13.2. The average molecular weight is 581 g/mol. The predicted molar refractivity (Wildman–Crippen MR) is 157 cm³/mol. The van der Waals surface area contributed by atoms with Crippen molar-refractivity contribution in [2.24, 2.45) is 0 Å². The zero-order valence-corrected chi connectivity index (χ0v) is 23.9. The number of halogens is 2. The van der Waals surface area contributed by atoms with Gasteiger partial charge in [-0.1, -0.05) is 84.7 Å². The molecule has 1 aliphatic rings. The van der Waals surface area contributed by atoms with E-state index in [-0.39, 0.29) is 31.1 Å². The van der Waals surface area contributed by atoms with Gasteiger partial charge < -0.3 is 15.5 Å². The number of nitrogens with zero attached hydrogens (tertiary/aromatic N) is 1. The lowest BCUT2D eigenvalue weighted by Crippen LogP contribution is -2.56. The average Bonchev–Trinajstić information content (AvgIpc) is 2.98. The van der Waals surface area contributed by atoms with Gasteiger partial charge in [0.15, 0.2) is 5.78 Å². The van der Waals surface area contributed by atoms with Gasteiger partial charge in [0.05, 0.1) is 10.7 Å². The highest BCUT2D eigenvalue weighted by molar-refractivity contribution is 6.38. The molecule has 2 atom stereocenters. The van der Waals surface area contributed by atoms with E-state index in [1.54, 1.807) is 50.2 Å². The molecule has 3 amide bonds. The number of carbonyl (C=O) groups excluding carboxylic acids is 4. The summed E-state index contributed by atoms with van der Waals surface area (Å²) in [6, 6.07) is 18.0. The molecule has 0 saturated heterocycles. The molecule has 2 N–H and O–H groups in total. The molecular weight excluding hydrogens is 549 g/mol. The van der Waals surface area contributed by atoms with Crippen molar-refractivity contribution in [3.63, 3.8) is 0 Å². The van der Waals surface area contributed by atoms with Gasteiger partial charge in [0, 0.05) is 36.4 Å². The summed E-state index contributed by atoms with van der Waals surface area (Å²) in [5.74, 6) is -1.29. The number of benzene rings is 3. The Morgan fingerprint density at radius 3 is 2.30 bits per heavy atom. The van der Waals surface area contributed by atoms with E-state index in [4.69, 9.17) is 23.2 Å². The van der Waals surface area contributed by atoms with E-state index in [0.29, 0.717) is 39.7 Å². The Labute approximate surface area is 243 Å². The number of hydrogen-bond acceptors (Lipinski definition) is 4. The number of rotatable bonds is 9. The monoisotopic (exact) mass is 579 g/mol. The lowest BCUT2D eigenvalue weighted by molar-refractivity contribution is -0.142. The van der Waals surface area contributed by atoms with Crippen LogP contribution in [0, 0.1) is 6.92 Å². The number of fused-ring (bicyclic) bond motifs is 1. The second kappa shape index (κ2) is 13.1. The fraction of sp³-hybridized carbons (Fsp3) is 0.290. The summed E-state index contributed by atoms with van der Waals surface area (Å²) in [7, 11) is 0. The van der Waals surface area contributed by atoms with Crippen molar-refractivity contribution < 1.29 is 19.2 Å². The van der Waals surface area contributed by atoms with Gasteiger partial charge in [-0.05, 0) is 42.2 Å². The minimum Gasteiger partial charge on any atom is -0.343 e. The largest absolute Gasteiger partial charge is 0.343 e. The number of ketones is 1. The van der Waals surface area contributed by atoms with Crippen LogP contribution in [0.4, 0.5) is 5.69 Å². The lowest BCUT2D eigenvalue weighted by atomic mass is 9.92. The molecule has 0 spiro atoms. The maximum Gasteiger partial charge on any atom is 0.246 e. The quantitative estimate of drug-likeness (QED) is 0.315. The molecule has 0 aromatic heterocycles. The molecule has 1 aliphatic heterocycles. The number of carbonyl (C=O) groups is 4. The Kier molecular flexibility index (Phi) is 9.61. The first-order chi connectivity index (χ1) is 19.2. The summed E-state index contributed by atoms with van der Waals surface area (Å²) in [6.07, 6.45) is 0.646. The third kappa shape index (κ3) is 6.72. The molecule has 0 saturated carbocycles. The van der Waals surface area contributed by atoms with E-state index < -0.39 is 23.9 Å². The van der Waals surface area contributed by atoms with E-state index in [1.807, 2.05) is 30.3 Å². The highest BCUT2D eigenvalue weighted by Crippen LogP contribution is 2.31. The molecule has 3 aromatic rings. The number of hydrogen-bond donors (Lipinski definition) is 2. The first-order valence-corrected chi connectivity index (χ1v) is 14.0. The van der Waals surface area contributed by atoms with Crippen molar-refractivity contribution in [1.29, 1.82) is 0 Å². The Morgan fingerprint density at radius 1 is 0.925 bits per heavy atom. The molecule has 4 rings (SSSR count). The second-order valence-corrected chi connectivity index (χ2v) is 10.6. The van der Waals surface area contributed by atoms with Crippen LogP contribution in [0.15, 0.2) is 66.7 Å². The topological polar surface area (TPSA) is 95.6 Å². The Morgan fingerprint density at radius 2 is 1.60 bits per heavy atom. The summed E-state index contributed by atoms with van der Waals surface area (Å²) in [5.41, 5.74) is 3.49. The molecular formula is C31H31Cl2N3O4. The molecule has 0 bridgehead atoms. The van der Waals surface area contributed by atoms with Gasteiger partial charge >= 0.3 is 0 Å². The van der Waals surface area contributed by atoms with Gasteiger partial charge in [0.25, 0.3) is 0 Å². The van der Waals surface area contributed by atoms with Gasteiger partial charge in [-0.25, -0.2) is 0 Å². The maximum atomic E-state index is 13.6. The third-order valence-corrected chi connectivity index (χ3v) is 8.05. The fourth-order valence-corrected chi connectivity index (χ4v) is 5.17. The van der Waals surface area contributed by atoms with Crippen molar-refractivity contribution in [1.82, 2.24) is 10.2 Å². The van der Waals surface area contributed by atoms with Gasteiger partial charge in [-0.2, -0.15) is 0 Å². The number of Topliss-reactive ketones (excluding diaryl/α,β-unsaturated/α-hetero) is 1. The minimum absolute atomic E-state index is 0.0220. The number of nitrogens with one attached hydrogen (secondary N) is 2. The van der Waals surface area contributed by atoms with Gasteiger partial charge in [-0.3, -0.25) is 19.2 Å². The SMILES string of the molecule is CCC(NC(=O)[C@@H]1Cc2ccccc2CN1C(=O)CCC(=O)c1ccccc1)C(=O)Nc1ccc(Cl)c(C)c1Cl. The van der Waals surface area contributed by atoms with Crippen LogP contribution in [-0.4, -0.2) is 40.5 Å². The summed E-state index contributed by atoms with van der Waals surface area (Å²) < 4.78 is 0. The molecule has 7 nitrogen and oxygen atoms in total. The van der Waals surface area contributed by atoms with Crippen LogP contribution in [0.25, 0.3) is 0 Å². The highest BCUT2D eigenvalue weighted by Gasteiger charge is 2.36. The minimum atomic E-state index is -0.853. The number of anilines is 1. The van der Waals surface area contributed by atoms with Gasteiger partial charge in [0.1, 0.15) is 12.1 Å². The highest BCUT2D eigenvalue weighted by atomic mass is 35.5. The molecule has 1 unspecified atom stereocenters. The smallest absolute Gasteiger partial charge is 0.246 e. The normalized spacial score (nSPS) is 15.1. The first kappa shape index (κ1) is 29.3. The standard InChI is InChI=1S/C31H31Cl2N3O4/c1-3-24(30(39)35-25-14-13-23(32)19(2)29(25)33)34-31(40)26-17-21-11-7-8-12-22(21)18-36(26)28(38)16-15-27(37)20-9-5-4-6-10-20/h4-14,24,26H,3,15-18H2,1-2H3,(H,34,40)(H,35,39)/t24?,26-/m0/s1. The Balaban J connectivity index is 1.48. The molecule has 0 radical (unpaired) electrons. The maximum absolute atomic E-state index is 13.6. The Bertz CT molecular complexity index is 1430. The van der Waals surface area contributed by atoms with E-state index in [1.165, 1.54) is 4.90 Å². The van der Waals surface area contributed by atoms with E-state index >= 15 is 0 Å². The predicted octanol–water partition coefficient (Wildman–Crippen LogP) is 5.75. The Hall–Kier alpha value is -3.68. The summed E-state index contributed by atoms with van der Waals surface area (Å²) in [6.45, 7) is 3.78. The van der Waals surface area contributed by atoms with Crippen molar-refractivity contribution in [3.8, 4) is 0 Å². The van der Waals surface area contributed by atoms with Crippen LogP contribution < -0.4 is 10.6 Å². The molecule has 3 aromatic carbocycles. The van der Waals surface area contributed by atoms with Crippen LogP contribution >= 0.6 is 23.2 Å². The summed E-state index contributed by atoms with van der Waals surface area (Å²) in [4.78, 5) is 54.2. The zero-order valence-electron chi connectivity index (χ0n) is 22.4. The fourth-order valence-electron chi connectivity index (χ4n) is 4.75. The molecule has 208 valence electrons. The van der Waals surface area contributed by atoms with E-state index in [0.717, 1.165) is 11.1 Å². The van der Waals surface area contributed by atoms with E-state index in [2.05, 4.69) is 10.6 Å². The summed E-state index contributed by atoms with van der Waals surface area (Å²) >= 11 is 12.5. The third-order valence-electron chi connectivity index (χ3n) is 7.15. The molecule has 40 heavy (non-hydrogen) atoms. The number of amides is 3. The van der Waals surface area contributed by atoms with Crippen LogP contribution in [-0.2, 0) is 27.3 Å². The molecule has 0 fully saturated rings. The van der Waals surface area contributed by atoms with Crippen molar-refractivity contribution in [3.05, 3.63) is 99.0 Å². The molecule has 1 heterocycles. The van der Waals surface area contributed by atoms with Crippen LogP contribution in [0.3, 0.4) is 0 Å². The van der Waals surface area contributed by atoms with Crippen molar-refractivity contribution in [2.45, 2.75) is 58.2 Å². The lowest BCUT2D eigenvalue weighted by Gasteiger charge is -2.36. The van der Waals surface area contributed by atoms with Crippen LogP contribution in [0.1, 0.15) is 53.2 Å². The van der Waals surface area contributed by atoms with Gasteiger partial charge in [0.2, 0.25) is 17.7 Å². The molecule has 9 heteroatoms. The van der Waals surface area contributed by atoms with E-state index in [9.17, 15) is 19.2 Å². The summed E-state index contributed by atoms with van der Waals surface area (Å²) in [5, 5.41) is 6.41. The van der Waals surface area contributed by atoms with Crippen LogP contribution in [0.2, 0.25) is 10.0 Å². The second-order valence-electron chi connectivity index (χ2n) is 9.79. The van der Waals surface area contributed by atoms with Crippen LogP contribution in [0.5, 0.6) is 0 Å². The van der Waals surface area contributed by atoms with Gasteiger partial charge in [-0.15, -0.1) is 0 Å². The molecule has 0 aliphatic carbocycles. The van der Waals surface area contributed by atoms with Crippen molar-refractivity contribution in [2.75, 3.05) is 5.32 Å². The van der Waals surface area contributed by atoms with Crippen molar-refractivity contribution >= 4 is 52.4 Å².